The Balaban J connectivity index is 1.49. The lowest BCUT2D eigenvalue weighted by Gasteiger charge is -2.28. The summed E-state index contributed by atoms with van der Waals surface area (Å²) < 4.78 is 1.79. The molecule has 1 amide bonds. The van der Waals surface area contributed by atoms with Crippen molar-refractivity contribution in [1.82, 2.24) is 14.8 Å². The minimum atomic E-state index is -0.455. The molecule has 182 valence electrons. The zero-order valence-electron chi connectivity index (χ0n) is 20.2. The van der Waals surface area contributed by atoms with Gasteiger partial charge in [0, 0.05) is 22.2 Å². The van der Waals surface area contributed by atoms with Gasteiger partial charge in [0.25, 0.3) is 5.91 Å². The van der Waals surface area contributed by atoms with Crippen LogP contribution in [0.3, 0.4) is 0 Å². The Morgan fingerprint density at radius 1 is 1.06 bits per heavy atom. The number of rotatable bonds is 6. The highest BCUT2D eigenvalue weighted by Crippen LogP contribution is 2.37. The van der Waals surface area contributed by atoms with Crippen molar-refractivity contribution in [3.8, 4) is 0 Å². The molecule has 0 bridgehead atoms. The molecule has 2 N–H and O–H groups in total. The normalized spacial score (nSPS) is 14.8. The van der Waals surface area contributed by atoms with Crippen LogP contribution in [0.5, 0.6) is 0 Å². The first-order valence-electron chi connectivity index (χ1n) is 11.6. The monoisotopic (exact) mass is 515 g/mol. The van der Waals surface area contributed by atoms with Gasteiger partial charge in [-0.05, 0) is 55.7 Å². The number of fused-ring (bicyclic) bond motifs is 1. The average Bonchev–Trinajstić information content (AvgIpc) is 3.26. The van der Waals surface area contributed by atoms with Gasteiger partial charge in [0.2, 0.25) is 11.1 Å². The molecular formula is C28H26ClN5OS. The van der Waals surface area contributed by atoms with E-state index >= 15 is 0 Å². The smallest absolute Gasteiger partial charge is 0.255 e. The van der Waals surface area contributed by atoms with Crippen LogP contribution in [0, 0.1) is 13.8 Å². The Labute approximate surface area is 219 Å². The van der Waals surface area contributed by atoms with Crippen LogP contribution in [0.15, 0.2) is 89.2 Å². The van der Waals surface area contributed by atoms with Crippen LogP contribution < -0.4 is 10.6 Å². The molecule has 0 radical (unpaired) electrons. The average molecular weight is 516 g/mol. The first kappa shape index (κ1) is 24.2. The van der Waals surface area contributed by atoms with Crippen molar-refractivity contribution < 1.29 is 4.79 Å². The van der Waals surface area contributed by atoms with E-state index in [1.54, 1.807) is 16.4 Å². The zero-order valence-corrected chi connectivity index (χ0v) is 21.8. The molecule has 1 aliphatic heterocycles. The van der Waals surface area contributed by atoms with Crippen molar-refractivity contribution in [2.45, 2.75) is 37.7 Å². The third kappa shape index (κ3) is 5.03. The number of aromatic nitrogens is 3. The van der Waals surface area contributed by atoms with Crippen molar-refractivity contribution >= 4 is 40.9 Å². The first-order chi connectivity index (χ1) is 17.4. The van der Waals surface area contributed by atoms with Gasteiger partial charge in [0.1, 0.15) is 6.04 Å². The maximum atomic E-state index is 13.6. The van der Waals surface area contributed by atoms with Gasteiger partial charge in [-0.15, -0.1) is 5.10 Å². The molecule has 3 aromatic carbocycles. The van der Waals surface area contributed by atoms with Gasteiger partial charge < -0.3 is 10.6 Å². The summed E-state index contributed by atoms with van der Waals surface area (Å²) in [4.78, 5) is 18.4. The Kier molecular flexibility index (Phi) is 6.85. The minimum absolute atomic E-state index is 0.190. The van der Waals surface area contributed by atoms with Crippen molar-refractivity contribution in [1.29, 1.82) is 0 Å². The Morgan fingerprint density at radius 3 is 2.58 bits per heavy atom. The predicted octanol–water partition coefficient (Wildman–Crippen LogP) is 6.77. The van der Waals surface area contributed by atoms with Crippen molar-refractivity contribution in [3.05, 3.63) is 111 Å². The van der Waals surface area contributed by atoms with E-state index in [4.69, 9.17) is 21.7 Å². The number of halogens is 1. The van der Waals surface area contributed by atoms with Crippen LogP contribution in [0.2, 0.25) is 5.02 Å². The minimum Gasteiger partial charge on any atom is -0.328 e. The molecule has 4 aromatic rings. The summed E-state index contributed by atoms with van der Waals surface area (Å²) in [6, 6.07) is 23.2. The lowest BCUT2D eigenvalue weighted by atomic mass is 9.95. The molecule has 5 rings (SSSR count). The number of hydrogen-bond donors (Lipinski definition) is 2. The summed E-state index contributed by atoms with van der Waals surface area (Å²) in [6.07, 6.45) is 0. The molecular weight excluding hydrogens is 490 g/mol. The van der Waals surface area contributed by atoms with Crippen molar-refractivity contribution in [2.24, 2.45) is 0 Å². The molecule has 0 fully saturated rings. The number of nitrogens with zero attached hydrogens (tertiary/aromatic N) is 3. The van der Waals surface area contributed by atoms with Crippen LogP contribution in [0.4, 0.5) is 11.6 Å². The quantitative estimate of drug-likeness (QED) is 0.277. The second kappa shape index (κ2) is 10.2. The van der Waals surface area contributed by atoms with E-state index in [2.05, 4.69) is 41.8 Å². The fourth-order valence-corrected chi connectivity index (χ4v) is 5.19. The first-order valence-corrected chi connectivity index (χ1v) is 13.0. The molecule has 1 atom stereocenters. The summed E-state index contributed by atoms with van der Waals surface area (Å²) in [7, 11) is 0. The number of aryl methyl sites for hydroxylation is 2. The predicted molar refractivity (Wildman–Crippen MR) is 146 cm³/mol. The SMILES string of the molecule is CC1=C(C(=O)Nc2ccccc2C)[C@H](c2ccc(Cl)cc2)n2nc(SCc3cccc(C)c3)nc2N1. The maximum Gasteiger partial charge on any atom is 0.255 e. The lowest BCUT2D eigenvalue weighted by molar-refractivity contribution is -0.113. The fourth-order valence-electron chi connectivity index (χ4n) is 4.29. The molecule has 1 aromatic heterocycles. The third-order valence-corrected chi connectivity index (χ3v) is 7.27. The molecule has 0 aliphatic carbocycles. The van der Waals surface area contributed by atoms with E-state index in [0.29, 0.717) is 21.7 Å². The molecule has 2 heterocycles. The van der Waals surface area contributed by atoms with E-state index < -0.39 is 6.04 Å². The van der Waals surface area contributed by atoms with E-state index in [1.165, 1.54) is 11.1 Å². The van der Waals surface area contributed by atoms with Crippen LogP contribution in [0.1, 0.15) is 35.2 Å². The number of hydrogen-bond acceptors (Lipinski definition) is 5. The standard InChI is InChI=1S/C28H26ClN5OS/c1-17-7-6-9-20(15-17)16-36-28-32-27-30-19(3)24(26(35)31-23-10-5-4-8-18(23)2)25(34(27)33-28)21-11-13-22(29)14-12-21/h4-15,25H,16H2,1-3H3,(H,31,35)(H,30,32,33)/t25-/m0/s1. The molecule has 0 spiro atoms. The Bertz CT molecular complexity index is 1460. The number of carbonyl (C=O) groups excluding carboxylic acids is 1. The van der Waals surface area contributed by atoms with Crippen molar-refractivity contribution in [3.63, 3.8) is 0 Å². The molecule has 36 heavy (non-hydrogen) atoms. The summed E-state index contributed by atoms with van der Waals surface area (Å²) in [6.45, 7) is 5.95. The number of benzene rings is 3. The number of nitrogens with one attached hydrogen (secondary N) is 2. The summed E-state index contributed by atoms with van der Waals surface area (Å²) in [5.41, 5.74) is 6.41. The highest BCUT2D eigenvalue weighted by molar-refractivity contribution is 7.98. The molecule has 0 unspecified atom stereocenters. The number of amides is 1. The third-order valence-electron chi connectivity index (χ3n) is 6.11. The molecule has 1 aliphatic rings. The molecule has 6 nitrogen and oxygen atoms in total. The molecule has 8 heteroatoms. The van der Waals surface area contributed by atoms with Gasteiger partial charge >= 0.3 is 0 Å². The van der Waals surface area contributed by atoms with E-state index in [1.807, 2.05) is 62.4 Å². The highest BCUT2D eigenvalue weighted by atomic mass is 35.5. The second-order valence-corrected chi connectivity index (χ2v) is 10.2. The summed E-state index contributed by atoms with van der Waals surface area (Å²) >= 11 is 7.74. The maximum absolute atomic E-state index is 13.6. The molecule has 0 saturated carbocycles. The van der Waals surface area contributed by atoms with Crippen LogP contribution in [-0.2, 0) is 10.5 Å². The van der Waals surface area contributed by atoms with Crippen LogP contribution in [-0.4, -0.2) is 20.7 Å². The van der Waals surface area contributed by atoms with Gasteiger partial charge in [-0.2, -0.15) is 4.98 Å². The number of thioether (sulfide) groups is 1. The van der Waals surface area contributed by atoms with E-state index in [9.17, 15) is 4.79 Å². The fraction of sp³-hybridized carbons (Fsp3) is 0.179. The Hall–Kier alpha value is -3.55. The molecule has 0 saturated heterocycles. The Morgan fingerprint density at radius 2 is 1.83 bits per heavy atom. The van der Waals surface area contributed by atoms with E-state index in [-0.39, 0.29) is 5.91 Å². The number of allylic oxidation sites excluding steroid dienone is 1. The number of carbonyl (C=O) groups is 1. The topological polar surface area (TPSA) is 71.8 Å². The number of para-hydroxylation sites is 1. The van der Waals surface area contributed by atoms with Crippen molar-refractivity contribution in [2.75, 3.05) is 10.6 Å². The van der Waals surface area contributed by atoms with Crippen LogP contribution >= 0.6 is 23.4 Å². The van der Waals surface area contributed by atoms with Gasteiger partial charge in [0.15, 0.2) is 0 Å². The highest BCUT2D eigenvalue weighted by Gasteiger charge is 2.34. The van der Waals surface area contributed by atoms with E-state index in [0.717, 1.165) is 28.3 Å². The van der Waals surface area contributed by atoms with Gasteiger partial charge in [0.05, 0.1) is 5.57 Å². The lowest BCUT2D eigenvalue weighted by Crippen LogP contribution is -2.31. The zero-order chi connectivity index (χ0) is 25.2. The second-order valence-electron chi connectivity index (χ2n) is 8.83. The largest absolute Gasteiger partial charge is 0.328 e. The van der Waals surface area contributed by atoms with Crippen LogP contribution in [0.25, 0.3) is 0 Å². The van der Waals surface area contributed by atoms with Gasteiger partial charge in [-0.3, -0.25) is 4.79 Å². The number of anilines is 2. The summed E-state index contributed by atoms with van der Waals surface area (Å²) in [5.74, 6) is 1.17. The summed E-state index contributed by atoms with van der Waals surface area (Å²) in [5, 5.41) is 12.5. The van der Waals surface area contributed by atoms with Gasteiger partial charge in [-0.25, -0.2) is 4.68 Å². The van der Waals surface area contributed by atoms with Gasteiger partial charge in [-0.1, -0.05) is 83.5 Å².